The summed E-state index contributed by atoms with van der Waals surface area (Å²) in [5.74, 6) is 0. The van der Waals surface area contributed by atoms with Gasteiger partial charge in [-0.3, -0.25) is 4.55 Å². The van der Waals surface area contributed by atoms with Gasteiger partial charge in [-0.25, -0.2) is 0 Å². The van der Waals surface area contributed by atoms with Crippen LogP contribution < -0.4 is 0 Å². The van der Waals surface area contributed by atoms with Crippen LogP contribution in [0, 0.1) is 0 Å². The Morgan fingerprint density at radius 3 is 2.46 bits per heavy atom. The zero-order valence-corrected chi connectivity index (χ0v) is 7.08. The van der Waals surface area contributed by atoms with Crippen LogP contribution >= 0.6 is 0 Å². The Balaban J connectivity index is 0.00000144. The Morgan fingerprint density at radius 2 is 2.00 bits per heavy atom. The fourth-order valence-electron chi connectivity index (χ4n) is 0.802. The molecule has 0 fully saturated rings. The molecule has 0 saturated carbocycles. The molecule has 0 aliphatic heterocycles. The van der Waals surface area contributed by atoms with E-state index in [2.05, 4.69) is 6.58 Å². The van der Waals surface area contributed by atoms with Crippen molar-refractivity contribution in [3.8, 4) is 0 Å². The summed E-state index contributed by atoms with van der Waals surface area (Å²) in [4.78, 5) is -0.111. The molecule has 0 heterocycles. The van der Waals surface area contributed by atoms with Gasteiger partial charge in [-0.2, -0.15) is 8.42 Å². The van der Waals surface area contributed by atoms with E-state index in [-0.39, 0.29) is 34.5 Å². The maximum atomic E-state index is 10.6. The Morgan fingerprint density at radius 1 is 1.38 bits per heavy atom. The van der Waals surface area contributed by atoms with Crippen LogP contribution in [0.5, 0.6) is 0 Å². The van der Waals surface area contributed by atoms with E-state index in [9.17, 15) is 8.42 Å². The molecule has 1 aromatic carbocycles. The second kappa shape index (κ2) is 4.93. The second-order valence-electron chi connectivity index (χ2n) is 2.25. The summed E-state index contributed by atoms with van der Waals surface area (Å²) < 4.78 is 29.9. The number of rotatable bonds is 2. The molecule has 1 N–H and O–H groups in total. The molecule has 13 heavy (non-hydrogen) atoms. The van der Waals surface area contributed by atoms with E-state index < -0.39 is 10.1 Å². The quantitative estimate of drug-likeness (QED) is 0.581. The first-order valence-corrected chi connectivity index (χ1v) is 4.68. The van der Waals surface area contributed by atoms with Gasteiger partial charge < -0.3 is 0 Å². The van der Waals surface area contributed by atoms with Gasteiger partial charge in [-0.1, -0.05) is 24.8 Å². The van der Waals surface area contributed by atoms with Crippen LogP contribution in [0.15, 0.2) is 35.7 Å². The van der Waals surface area contributed by atoms with Crippen LogP contribution in [-0.2, 0) is 10.1 Å². The zero-order valence-electron chi connectivity index (χ0n) is 6.27. The average Bonchev–Trinajstić information content (AvgIpc) is 2.03. The van der Waals surface area contributed by atoms with Crippen LogP contribution in [0.25, 0.3) is 6.08 Å². The van der Waals surface area contributed by atoms with Gasteiger partial charge in [0.25, 0.3) is 10.1 Å². The fourth-order valence-corrected chi connectivity index (χ4v) is 1.34. The van der Waals surface area contributed by atoms with Crippen LogP contribution in [-0.4, -0.2) is 42.5 Å². The van der Waals surface area contributed by atoms with E-state index in [1.165, 1.54) is 18.2 Å². The molecule has 66 valence electrons. The summed E-state index contributed by atoms with van der Waals surface area (Å²) in [5, 5.41) is 0. The van der Waals surface area contributed by atoms with E-state index >= 15 is 0 Å². The average molecular weight is 208 g/mol. The SMILES string of the molecule is C=Cc1cccc(S(=O)(=O)O)c1.[NaH]. The third kappa shape index (κ3) is 3.62. The summed E-state index contributed by atoms with van der Waals surface area (Å²) in [5.41, 5.74) is 0.658. The molecule has 0 bridgehead atoms. The Bertz CT molecular complexity index is 398. The molecule has 0 spiro atoms. The van der Waals surface area contributed by atoms with Gasteiger partial charge in [0.2, 0.25) is 0 Å². The molecule has 0 amide bonds. The molecular formula is C8H9NaO3S. The van der Waals surface area contributed by atoms with Crippen LogP contribution in [0.1, 0.15) is 5.56 Å². The normalized spacial score (nSPS) is 10.2. The van der Waals surface area contributed by atoms with Gasteiger partial charge >= 0.3 is 29.6 Å². The number of benzene rings is 1. The van der Waals surface area contributed by atoms with E-state index in [0.717, 1.165) is 0 Å². The van der Waals surface area contributed by atoms with E-state index in [1.807, 2.05) is 0 Å². The first-order valence-electron chi connectivity index (χ1n) is 3.24. The van der Waals surface area contributed by atoms with Crippen molar-refractivity contribution in [1.29, 1.82) is 0 Å². The Labute approximate surface area is 99.5 Å². The molecule has 1 rings (SSSR count). The minimum absolute atomic E-state index is 0. The molecule has 0 radical (unpaired) electrons. The molecular weight excluding hydrogens is 199 g/mol. The third-order valence-electron chi connectivity index (χ3n) is 1.39. The van der Waals surface area contributed by atoms with Gasteiger partial charge in [-0.15, -0.1) is 0 Å². The van der Waals surface area contributed by atoms with Crippen LogP contribution in [0.3, 0.4) is 0 Å². The summed E-state index contributed by atoms with van der Waals surface area (Å²) in [6.45, 7) is 3.48. The summed E-state index contributed by atoms with van der Waals surface area (Å²) in [6, 6.07) is 5.91. The zero-order chi connectivity index (χ0) is 9.19. The molecule has 0 aliphatic carbocycles. The predicted molar refractivity (Wildman–Crippen MR) is 53.5 cm³/mol. The monoisotopic (exact) mass is 208 g/mol. The molecule has 1 aromatic rings. The predicted octanol–water partition coefficient (Wildman–Crippen LogP) is 0.928. The van der Waals surface area contributed by atoms with Crippen molar-refractivity contribution >= 4 is 45.8 Å². The first kappa shape index (κ1) is 12.9. The maximum absolute atomic E-state index is 10.6. The minimum atomic E-state index is -4.08. The van der Waals surface area contributed by atoms with Gasteiger partial charge in [-0.05, 0) is 17.7 Å². The third-order valence-corrected chi connectivity index (χ3v) is 2.24. The Hall–Kier alpha value is -0.130. The summed E-state index contributed by atoms with van der Waals surface area (Å²) in [7, 11) is -4.08. The molecule has 0 aromatic heterocycles. The number of hydrogen-bond donors (Lipinski definition) is 1. The first-order chi connectivity index (χ1) is 5.54. The van der Waals surface area contributed by atoms with Crippen molar-refractivity contribution in [3.63, 3.8) is 0 Å². The van der Waals surface area contributed by atoms with E-state index in [0.29, 0.717) is 5.56 Å². The fraction of sp³-hybridized carbons (Fsp3) is 0. The molecule has 3 nitrogen and oxygen atoms in total. The molecule has 5 heteroatoms. The molecule has 0 unspecified atom stereocenters. The molecule has 0 aliphatic rings. The van der Waals surface area contributed by atoms with E-state index in [1.54, 1.807) is 12.1 Å². The standard InChI is InChI=1S/C8H8O3S.Na.H/c1-2-7-4-3-5-8(6-7)12(9,10)11;;/h2-6H,1H2,(H,9,10,11);;. The number of hydrogen-bond acceptors (Lipinski definition) is 2. The molecule has 0 atom stereocenters. The van der Waals surface area contributed by atoms with Crippen molar-refractivity contribution in [3.05, 3.63) is 36.4 Å². The molecule has 0 saturated heterocycles. The van der Waals surface area contributed by atoms with Crippen molar-refractivity contribution in [2.45, 2.75) is 4.90 Å². The van der Waals surface area contributed by atoms with Gasteiger partial charge in [0, 0.05) is 0 Å². The van der Waals surface area contributed by atoms with E-state index in [4.69, 9.17) is 4.55 Å². The summed E-state index contributed by atoms with van der Waals surface area (Å²) >= 11 is 0. The van der Waals surface area contributed by atoms with Crippen molar-refractivity contribution in [2.24, 2.45) is 0 Å². The van der Waals surface area contributed by atoms with Gasteiger partial charge in [0.05, 0.1) is 4.90 Å². The van der Waals surface area contributed by atoms with Crippen molar-refractivity contribution < 1.29 is 13.0 Å². The second-order valence-corrected chi connectivity index (χ2v) is 3.67. The van der Waals surface area contributed by atoms with Gasteiger partial charge in [0.1, 0.15) is 0 Å². The van der Waals surface area contributed by atoms with Gasteiger partial charge in [0.15, 0.2) is 0 Å². The van der Waals surface area contributed by atoms with Crippen molar-refractivity contribution in [1.82, 2.24) is 0 Å². The topological polar surface area (TPSA) is 54.4 Å². The van der Waals surface area contributed by atoms with Crippen LogP contribution in [0.2, 0.25) is 0 Å². The van der Waals surface area contributed by atoms with Crippen molar-refractivity contribution in [2.75, 3.05) is 0 Å². The van der Waals surface area contributed by atoms with Crippen LogP contribution in [0.4, 0.5) is 0 Å². The Kier molecular flexibility index (Phi) is 4.88. The summed E-state index contributed by atoms with van der Waals surface area (Å²) in [6.07, 6.45) is 1.51.